The van der Waals surface area contributed by atoms with Crippen molar-refractivity contribution in [2.45, 2.75) is 30.4 Å². The minimum absolute atomic E-state index is 0.0400. The number of carbonyl (C=O) groups excluding carboxylic acids is 1. The van der Waals surface area contributed by atoms with E-state index in [1.165, 1.54) is 0 Å². The lowest BCUT2D eigenvalue weighted by Crippen LogP contribution is -2.38. The fraction of sp³-hybridized carbons (Fsp3) is 0.240. The molecule has 0 saturated carbocycles. The summed E-state index contributed by atoms with van der Waals surface area (Å²) >= 11 is 0. The Morgan fingerprint density at radius 2 is 1.49 bits per heavy atom. The maximum absolute atomic E-state index is 13.0. The third-order valence-corrected chi connectivity index (χ3v) is 6.87. The van der Waals surface area contributed by atoms with E-state index in [0.29, 0.717) is 13.0 Å². The van der Waals surface area contributed by atoms with Gasteiger partial charge in [-0.1, -0.05) is 60.7 Å². The lowest BCUT2D eigenvalue weighted by molar-refractivity contribution is -0.384. The van der Waals surface area contributed by atoms with Crippen molar-refractivity contribution in [3.8, 4) is 0 Å². The van der Waals surface area contributed by atoms with Crippen molar-refractivity contribution in [2.75, 3.05) is 6.54 Å². The Morgan fingerprint density at radius 3 is 2.06 bits per heavy atom. The van der Waals surface area contributed by atoms with E-state index in [-0.39, 0.29) is 29.5 Å². The number of non-ortho nitro benzene ring substituents is 1. The smallest absolute Gasteiger partial charge is 0.269 e. The van der Waals surface area contributed by atoms with Gasteiger partial charge in [-0.3, -0.25) is 14.9 Å². The topological polar surface area (TPSA) is 139 Å². The zero-order chi connectivity index (χ0) is 25.3. The Balaban J connectivity index is 1.63. The number of hydrogen-bond acceptors (Lipinski definition) is 6. The molecule has 1 amide bonds. The molecule has 0 heterocycles. The minimum atomic E-state index is -3.99. The quantitative estimate of drug-likeness (QED) is 0.260. The first-order valence-corrected chi connectivity index (χ1v) is 12.5. The third-order valence-electron chi connectivity index (χ3n) is 5.43. The Labute approximate surface area is 204 Å². The molecule has 0 aliphatic carbocycles. The lowest BCUT2D eigenvalue weighted by Gasteiger charge is -2.21. The molecule has 35 heavy (non-hydrogen) atoms. The van der Waals surface area contributed by atoms with Gasteiger partial charge in [0.2, 0.25) is 15.9 Å². The Bertz CT molecular complexity index is 1220. The average molecular weight is 498 g/mol. The first kappa shape index (κ1) is 26.0. The number of nitro groups is 1. The van der Waals surface area contributed by atoms with Gasteiger partial charge in [0.05, 0.1) is 15.9 Å². The minimum Gasteiger partial charge on any atom is -0.392 e. The first-order valence-electron chi connectivity index (χ1n) is 11.0. The van der Waals surface area contributed by atoms with Crippen molar-refractivity contribution in [2.24, 2.45) is 5.92 Å². The number of benzene rings is 3. The summed E-state index contributed by atoms with van der Waals surface area (Å²) in [5.41, 5.74) is 1.64. The highest BCUT2D eigenvalue weighted by molar-refractivity contribution is 7.89. The molecule has 0 spiro atoms. The highest BCUT2D eigenvalue weighted by atomic mass is 32.2. The number of nitro benzene ring substituents is 1. The highest BCUT2D eigenvalue weighted by Gasteiger charge is 2.24. The fourth-order valence-corrected chi connectivity index (χ4v) is 4.63. The van der Waals surface area contributed by atoms with Crippen molar-refractivity contribution >= 4 is 21.6 Å². The largest absolute Gasteiger partial charge is 0.392 e. The molecule has 0 unspecified atom stereocenters. The molecule has 0 fully saturated rings. The molecule has 0 aliphatic heterocycles. The lowest BCUT2D eigenvalue weighted by atomic mass is 9.92. The predicted octanol–water partition coefficient (Wildman–Crippen LogP) is 2.80. The van der Waals surface area contributed by atoms with Gasteiger partial charge in [0.15, 0.2) is 0 Å². The van der Waals surface area contributed by atoms with Crippen LogP contribution in [0, 0.1) is 16.0 Å². The van der Waals surface area contributed by atoms with Crippen molar-refractivity contribution in [1.29, 1.82) is 0 Å². The van der Waals surface area contributed by atoms with E-state index < -0.39 is 27.0 Å². The van der Waals surface area contributed by atoms with Gasteiger partial charge in [-0.25, -0.2) is 13.1 Å². The van der Waals surface area contributed by atoms with E-state index >= 15 is 0 Å². The van der Waals surface area contributed by atoms with E-state index in [1.54, 1.807) is 0 Å². The number of sulfonamides is 1. The molecule has 3 N–H and O–H groups in total. The zero-order valence-electron chi connectivity index (χ0n) is 18.9. The van der Waals surface area contributed by atoms with Gasteiger partial charge in [0.1, 0.15) is 0 Å². The van der Waals surface area contributed by atoms with Gasteiger partial charge in [-0.2, -0.15) is 0 Å². The number of rotatable bonds is 12. The first-order chi connectivity index (χ1) is 16.7. The number of carbonyl (C=O) groups is 1. The van der Waals surface area contributed by atoms with Crippen LogP contribution in [-0.4, -0.2) is 37.0 Å². The SMILES string of the molecule is O=C(NCc1ccccc1)[C@@H](Cc1ccccc1)C[C@H](O)CNS(=O)(=O)c1ccc([N+](=O)[O-])cc1. The average Bonchev–Trinajstić information content (AvgIpc) is 2.87. The summed E-state index contributed by atoms with van der Waals surface area (Å²) in [6, 6.07) is 23.3. The van der Waals surface area contributed by atoms with Crippen molar-refractivity contribution in [1.82, 2.24) is 10.0 Å². The summed E-state index contributed by atoms with van der Waals surface area (Å²) in [7, 11) is -3.99. The molecule has 184 valence electrons. The number of aliphatic hydroxyl groups is 1. The van der Waals surface area contributed by atoms with Crippen LogP contribution < -0.4 is 10.0 Å². The van der Waals surface area contributed by atoms with Crippen molar-refractivity contribution < 1.29 is 23.2 Å². The van der Waals surface area contributed by atoms with Crippen LogP contribution in [-0.2, 0) is 27.8 Å². The van der Waals surface area contributed by atoms with Crippen LogP contribution >= 0.6 is 0 Å². The maximum atomic E-state index is 13.0. The number of nitrogens with one attached hydrogen (secondary N) is 2. The monoisotopic (exact) mass is 497 g/mol. The van der Waals surface area contributed by atoms with E-state index in [4.69, 9.17) is 0 Å². The summed E-state index contributed by atoms with van der Waals surface area (Å²) in [6.45, 7) is 0.0322. The van der Waals surface area contributed by atoms with E-state index in [2.05, 4.69) is 10.0 Å². The normalized spacial score (nSPS) is 13.1. The molecule has 3 rings (SSSR count). The Kier molecular flexibility index (Phi) is 9.07. The second kappa shape index (κ2) is 12.2. The van der Waals surface area contributed by atoms with Gasteiger partial charge in [0, 0.05) is 31.1 Å². The van der Waals surface area contributed by atoms with Gasteiger partial charge in [-0.05, 0) is 36.1 Å². The second-order valence-corrected chi connectivity index (χ2v) is 9.85. The molecular weight excluding hydrogens is 470 g/mol. The molecule has 0 aliphatic rings. The molecule has 3 aromatic rings. The van der Waals surface area contributed by atoms with E-state index in [1.807, 2.05) is 60.7 Å². The van der Waals surface area contributed by atoms with E-state index in [0.717, 1.165) is 35.4 Å². The molecule has 10 heteroatoms. The van der Waals surface area contributed by atoms with Crippen LogP contribution in [0.15, 0.2) is 89.8 Å². The van der Waals surface area contributed by atoms with Crippen LogP contribution in [0.3, 0.4) is 0 Å². The molecular formula is C25H27N3O6S. The van der Waals surface area contributed by atoms with E-state index in [9.17, 15) is 28.4 Å². The standard InChI is InChI=1S/C25H27N3O6S/c29-23(18-27-35(33,34)24-13-11-22(12-14-24)28(31)32)16-21(15-19-7-3-1-4-8-19)25(30)26-17-20-9-5-2-6-10-20/h1-14,21,23,27,29H,15-18H2,(H,26,30)/t21-,23-/m0/s1. The van der Waals surface area contributed by atoms with Crippen LogP contribution in [0.1, 0.15) is 17.5 Å². The summed E-state index contributed by atoms with van der Waals surface area (Å²) in [5.74, 6) is -0.824. The maximum Gasteiger partial charge on any atom is 0.269 e. The van der Waals surface area contributed by atoms with Gasteiger partial charge in [0.25, 0.3) is 5.69 Å². The van der Waals surface area contributed by atoms with Crippen LogP contribution in [0.2, 0.25) is 0 Å². The number of aliphatic hydroxyl groups excluding tert-OH is 1. The molecule has 0 radical (unpaired) electrons. The Hall–Kier alpha value is -3.60. The molecule has 0 aromatic heterocycles. The van der Waals surface area contributed by atoms with Gasteiger partial charge < -0.3 is 10.4 Å². The summed E-state index contributed by atoms with van der Waals surface area (Å²) < 4.78 is 27.3. The van der Waals surface area contributed by atoms with Crippen molar-refractivity contribution in [3.63, 3.8) is 0 Å². The van der Waals surface area contributed by atoms with Gasteiger partial charge >= 0.3 is 0 Å². The van der Waals surface area contributed by atoms with Crippen molar-refractivity contribution in [3.05, 3.63) is 106 Å². The predicted molar refractivity (Wildman–Crippen MR) is 131 cm³/mol. The highest BCUT2D eigenvalue weighted by Crippen LogP contribution is 2.18. The Morgan fingerprint density at radius 1 is 0.914 bits per heavy atom. The second-order valence-electron chi connectivity index (χ2n) is 8.08. The van der Waals surface area contributed by atoms with Crippen LogP contribution in [0.5, 0.6) is 0 Å². The van der Waals surface area contributed by atoms with Gasteiger partial charge in [-0.15, -0.1) is 0 Å². The summed E-state index contributed by atoms with van der Waals surface area (Å²) in [6.07, 6.45) is -0.703. The van der Waals surface area contributed by atoms with Crippen LogP contribution in [0.25, 0.3) is 0 Å². The molecule has 9 nitrogen and oxygen atoms in total. The molecule has 3 aromatic carbocycles. The molecule has 0 bridgehead atoms. The number of amides is 1. The fourth-order valence-electron chi connectivity index (χ4n) is 3.56. The summed E-state index contributed by atoms with van der Waals surface area (Å²) in [5, 5.41) is 24.2. The number of nitrogens with zero attached hydrogens (tertiary/aromatic N) is 1. The third kappa shape index (κ3) is 7.99. The summed E-state index contributed by atoms with van der Waals surface area (Å²) in [4.78, 5) is 22.9. The number of hydrogen-bond donors (Lipinski definition) is 3. The molecule has 0 saturated heterocycles. The van der Waals surface area contributed by atoms with Crippen LogP contribution in [0.4, 0.5) is 5.69 Å². The zero-order valence-corrected chi connectivity index (χ0v) is 19.7. The molecule has 2 atom stereocenters.